The van der Waals surface area contributed by atoms with E-state index >= 15 is 0 Å². The average molecular weight is 345 g/mol. The van der Waals surface area contributed by atoms with Crippen molar-refractivity contribution >= 4 is 28.9 Å². The van der Waals surface area contributed by atoms with Crippen LogP contribution in [0.1, 0.15) is 11.3 Å². The van der Waals surface area contributed by atoms with Crippen LogP contribution in [-0.4, -0.2) is 15.9 Å². The Morgan fingerprint density at radius 3 is 2.91 bits per heavy atom. The minimum atomic E-state index is -0.317. The summed E-state index contributed by atoms with van der Waals surface area (Å²) >= 11 is 7.36. The first-order chi connectivity index (χ1) is 11.2. The highest BCUT2D eigenvalue weighted by molar-refractivity contribution is 7.13. The summed E-state index contributed by atoms with van der Waals surface area (Å²) < 4.78 is 5.25. The van der Waals surface area contributed by atoms with Crippen molar-refractivity contribution in [3.8, 4) is 10.7 Å². The molecule has 0 saturated heterocycles. The number of carbonyl (C=O) groups is 1. The van der Waals surface area contributed by atoms with E-state index in [-0.39, 0.29) is 19.0 Å². The molecule has 0 unspecified atom stereocenters. The topological polar surface area (TPSA) is 52.1 Å². The highest BCUT2D eigenvalue weighted by atomic mass is 35.5. The van der Waals surface area contributed by atoms with Gasteiger partial charge in [0.05, 0.1) is 17.8 Å². The molecule has 2 aromatic heterocycles. The maximum Gasteiger partial charge on any atom is 0.312 e. The lowest BCUT2D eigenvalue weighted by atomic mass is 10.2. The number of carbonyl (C=O) groups excluding carboxylic acids is 1. The first-order valence-corrected chi connectivity index (χ1v) is 8.22. The van der Waals surface area contributed by atoms with Gasteiger partial charge in [-0.05, 0) is 29.8 Å². The van der Waals surface area contributed by atoms with E-state index in [1.165, 1.54) is 11.3 Å². The average Bonchev–Trinajstić information content (AvgIpc) is 3.02. The molecule has 0 aliphatic carbocycles. The van der Waals surface area contributed by atoms with E-state index in [9.17, 15) is 4.79 Å². The Labute approximate surface area is 142 Å². The van der Waals surface area contributed by atoms with Crippen LogP contribution in [0.5, 0.6) is 0 Å². The Bertz CT molecular complexity index is 805. The van der Waals surface area contributed by atoms with E-state index in [1.54, 1.807) is 18.3 Å². The molecule has 0 atom stereocenters. The van der Waals surface area contributed by atoms with Crippen molar-refractivity contribution in [2.24, 2.45) is 0 Å². The van der Waals surface area contributed by atoms with E-state index < -0.39 is 0 Å². The Balaban J connectivity index is 1.57. The molecule has 6 heteroatoms. The molecule has 0 fully saturated rings. The van der Waals surface area contributed by atoms with Gasteiger partial charge in [-0.15, -0.1) is 11.3 Å². The minimum Gasteiger partial charge on any atom is -0.461 e. The van der Waals surface area contributed by atoms with Gasteiger partial charge in [-0.2, -0.15) is 0 Å². The molecule has 0 aliphatic heterocycles. The molecule has 0 N–H and O–H groups in total. The Hall–Kier alpha value is -2.24. The predicted molar refractivity (Wildman–Crippen MR) is 90.3 cm³/mol. The lowest BCUT2D eigenvalue weighted by Gasteiger charge is -2.04. The number of thiazole rings is 1. The third-order valence-electron chi connectivity index (χ3n) is 3.05. The number of ether oxygens (including phenoxy) is 1. The number of halogens is 1. The standard InChI is InChI=1S/C17H13ClN2O2S/c18-13-5-3-4-12(8-13)10-22-16(21)9-14-11-23-17(20-14)15-6-1-2-7-19-15/h1-8,11H,9-10H2. The second-order valence-electron chi connectivity index (χ2n) is 4.83. The van der Waals surface area contributed by atoms with E-state index in [0.29, 0.717) is 10.7 Å². The summed E-state index contributed by atoms with van der Waals surface area (Å²) in [6.45, 7) is 0.205. The number of benzene rings is 1. The highest BCUT2D eigenvalue weighted by Gasteiger charge is 2.11. The van der Waals surface area contributed by atoms with Crippen molar-refractivity contribution in [2.45, 2.75) is 13.0 Å². The van der Waals surface area contributed by atoms with Crippen LogP contribution in [0.25, 0.3) is 10.7 Å². The number of nitrogens with zero attached hydrogens (tertiary/aromatic N) is 2. The molecule has 23 heavy (non-hydrogen) atoms. The summed E-state index contributed by atoms with van der Waals surface area (Å²) in [5.41, 5.74) is 2.35. The molecule has 0 saturated carbocycles. The molecule has 0 spiro atoms. The van der Waals surface area contributed by atoms with Gasteiger partial charge in [0.15, 0.2) is 0 Å². The Morgan fingerprint density at radius 2 is 2.13 bits per heavy atom. The molecular formula is C17H13ClN2O2S. The largest absolute Gasteiger partial charge is 0.461 e. The van der Waals surface area contributed by atoms with Gasteiger partial charge in [-0.3, -0.25) is 9.78 Å². The Morgan fingerprint density at radius 1 is 1.22 bits per heavy atom. The second-order valence-corrected chi connectivity index (χ2v) is 6.12. The van der Waals surface area contributed by atoms with Crippen molar-refractivity contribution in [3.63, 3.8) is 0 Å². The van der Waals surface area contributed by atoms with E-state index in [2.05, 4.69) is 9.97 Å². The Kier molecular flexibility index (Phi) is 5.00. The third kappa shape index (κ3) is 4.37. The summed E-state index contributed by atoms with van der Waals surface area (Å²) in [6, 6.07) is 12.9. The molecule has 0 radical (unpaired) electrons. The number of esters is 1. The predicted octanol–water partition coefficient (Wildman–Crippen LogP) is 4.14. The molecule has 1 aromatic carbocycles. The van der Waals surface area contributed by atoms with Crippen molar-refractivity contribution in [1.29, 1.82) is 0 Å². The second kappa shape index (κ2) is 7.35. The van der Waals surface area contributed by atoms with Crippen LogP contribution in [-0.2, 0) is 22.6 Å². The van der Waals surface area contributed by atoms with Gasteiger partial charge < -0.3 is 4.74 Å². The maximum absolute atomic E-state index is 11.9. The number of rotatable bonds is 5. The monoisotopic (exact) mass is 344 g/mol. The third-order valence-corrected chi connectivity index (χ3v) is 4.20. The molecule has 4 nitrogen and oxygen atoms in total. The van der Waals surface area contributed by atoms with Crippen LogP contribution in [0.4, 0.5) is 0 Å². The van der Waals surface area contributed by atoms with Crippen molar-refractivity contribution in [3.05, 3.63) is 70.3 Å². The number of hydrogen-bond donors (Lipinski definition) is 0. The zero-order valence-corrected chi connectivity index (χ0v) is 13.7. The van der Waals surface area contributed by atoms with E-state index in [4.69, 9.17) is 16.3 Å². The number of aromatic nitrogens is 2. The summed E-state index contributed by atoms with van der Waals surface area (Å²) in [5, 5.41) is 3.27. The van der Waals surface area contributed by atoms with E-state index in [0.717, 1.165) is 16.3 Å². The van der Waals surface area contributed by atoms with Crippen LogP contribution in [0.3, 0.4) is 0 Å². The van der Waals surface area contributed by atoms with Crippen molar-refractivity contribution < 1.29 is 9.53 Å². The van der Waals surface area contributed by atoms with Crippen LogP contribution in [0.15, 0.2) is 54.0 Å². The summed E-state index contributed by atoms with van der Waals surface area (Å²) in [4.78, 5) is 20.6. The van der Waals surface area contributed by atoms with Gasteiger partial charge >= 0.3 is 5.97 Å². The smallest absolute Gasteiger partial charge is 0.312 e. The molecule has 116 valence electrons. The van der Waals surface area contributed by atoms with Crippen molar-refractivity contribution in [1.82, 2.24) is 9.97 Å². The zero-order chi connectivity index (χ0) is 16.1. The summed E-state index contributed by atoms with van der Waals surface area (Å²) in [7, 11) is 0. The molecule has 0 aliphatic rings. The fourth-order valence-electron chi connectivity index (χ4n) is 1.98. The first kappa shape index (κ1) is 15.6. The number of pyridine rings is 1. The van der Waals surface area contributed by atoms with Gasteiger partial charge in [0.1, 0.15) is 11.6 Å². The van der Waals surface area contributed by atoms with E-state index in [1.807, 2.05) is 35.7 Å². The molecule has 0 bridgehead atoms. The molecule has 0 amide bonds. The molecular weight excluding hydrogens is 332 g/mol. The zero-order valence-electron chi connectivity index (χ0n) is 12.1. The first-order valence-electron chi connectivity index (χ1n) is 6.96. The van der Waals surface area contributed by atoms with Crippen molar-refractivity contribution in [2.75, 3.05) is 0 Å². The van der Waals surface area contributed by atoms with Gasteiger partial charge in [0, 0.05) is 16.6 Å². The summed E-state index contributed by atoms with van der Waals surface area (Å²) in [6.07, 6.45) is 1.86. The highest BCUT2D eigenvalue weighted by Crippen LogP contribution is 2.21. The normalized spacial score (nSPS) is 10.5. The minimum absolute atomic E-state index is 0.143. The fraction of sp³-hybridized carbons (Fsp3) is 0.118. The molecule has 2 heterocycles. The quantitative estimate of drug-likeness (QED) is 0.652. The fourth-order valence-corrected chi connectivity index (χ4v) is 2.99. The van der Waals surface area contributed by atoms with Gasteiger partial charge in [0.2, 0.25) is 0 Å². The lowest BCUT2D eigenvalue weighted by molar-refractivity contribution is -0.144. The van der Waals surface area contributed by atoms with Crippen LogP contribution in [0.2, 0.25) is 5.02 Å². The maximum atomic E-state index is 11.9. The summed E-state index contributed by atoms with van der Waals surface area (Å²) in [5.74, 6) is -0.317. The van der Waals surface area contributed by atoms with Gasteiger partial charge in [0.25, 0.3) is 0 Å². The number of hydrogen-bond acceptors (Lipinski definition) is 5. The van der Waals surface area contributed by atoms with Gasteiger partial charge in [-0.25, -0.2) is 4.98 Å². The molecule has 3 aromatic rings. The van der Waals surface area contributed by atoms with Crippen LogP contribution < -0.4 is 0 Å². The van der Waals surface area contributed by atoms with Crippen LogP contribution >= 0.6 is 22.9 Å². The molecule has 3 rings (SSSR count). The lowest BCUT2D eigenvalue weighted by Crippen LogP contribution is -2.08. The SMILES string of the molecule is O=C(Cc1csc(-c2ccccn2)n1)OCc1cccc(Cl)c1. The van der Waals surface area contributed by atoms with Gasteiger partial charge in [-0.1, -0.05) is 29.8 Å². The van der Waals surface area contributed by atoms with Crippen LogP contribution in [0, 0.1) is 0 Å².